The molecule has 0 aliphatic carbocycles. The molecule has 194 valence electrons. The van der Waals surface area contributed by atoms with E-state index in [1.54, 1.807) is 6.33 Å². The van der Waals surface area contributed by atoms with Gasteiger partial charge < -0.3 is 24.8 Å². The van der Waals surface area contributed by atoms with Gasteiger partial charge in [0.05, 0.1) is 5.56 Å². The zero-order chi connectivity index (χ0) is 26.1. The topological polar surface area (TPSA) is 106 Å². The number of piperazine rings is 1. The van der Waals surface area contributed by atoms with E-state index in [0.29, 0.717) is 28.2 Å². The molecule has 38 heavy (non-hydrogen) atoms. The molecular formula is C29H32N8O. The molecular weight excluding hydrogens is 476 g/mol. The maximum absolute atomic E-state index is 9.99. The molecule has 6 rings (SSSR count). The Morgan fingerprint density at radius 3 is 2.50 bits per heavy atom. The van der Waals surface area contributed by atoms with Gasteiger partial charge in [0.2, 0.25) is 0 Å². The fourth-order valence-electron chi connectivity index (χ4n) is 5.33. The highest BCUT2D eigenvalue weighted by molar-refractivity contribution is 5.90. The monoisotopic (exact) mass is 508 g/mol. The van der Waals surface area contributed by atoms with Crippen molar-refractivity contribution in [1.29, 1.82) is 5.26 Å². The molecule has 4 heterocycles. The van der Waals surface area contributed by atoms with E-state index in [4.69, 9.17) is 9.72 Å². The van der Waals surface area contributed by atoms with Gasteiger partial charge in [-0.3, -0.25) is 0 Å². The molecule has 2 aliphatic heterocycles. The lowest BCUT2D eigenvalue weighted by Crippen LogP contribution is -2.44. The Kier molecular flexibility index (Phi) is 6.66. The van der Waals surface area contributed by atoms with Gasteiger partial charge in [-0.25, -0.2) is 15.0 Å². The summed E-state index contributed by atoms with van der Waals surface area (Å²) >= 11 is 0. The third-order valence-electron chi connectivity index (χ3n) is 7.67. The van der Waals surface area contributed by atoms with Crippen LogP contribution in [0, 0.1) is 18.3 Å². The Hall–Kier alpha value is -4.00. The van der Waals surface area contributed by atoms with E-state index in [0.717, 1.165) is 74.6 Å². The van der Waals surface area contributed by atoms with E-state index in [2.05, 4.69) is 67.5 Å². The quantitative estimate of drug-likeness (QED) is 0.420. The average molecular weight is 509 g/mol. The minimum Gasteiger partial charge on any atom is -0.489 e. The molecule has 2 N–H and O–H groups in total. The minimum atomic E-state index is 0.121. The Labute approximate surface area is 222 Å². The summed E-state index contributed by atoms with van der Waals surface area (Å²) in [6.45, 7) is 8.03. The molecule has 0 amide bonds. The summed E-state index contributed by atoms with van der Waals surface area (Å²) in [5, 5.41) is 13.3. The zero-order valence-electron chi connectivity index (χ0n) is 21.9. The molecule has 0 atom stereocenters. The van der Waals surface area contributed by atoms with Crippen molar-refractivity contribution in [1.82, 2.24) is 30.2 Å². The molecule has 4 aromatic rings. The van der Waals surface area contributed by atoms with Gasteiger partial charge in [0.15, 0.2) is 5.65 Å². The minimum absolute atomic E-state index is 0.121. The number of aromatic amines is 1. The summed E-state index contributed by atoms with van der Waals surface area (Å²) in [5.74, 6) is 1.38. The van der Waals surface area contributed by atoms with Crippen LogP contribution in [0.3, 0.4) is 0 Å². The van der Waals surface area contributed by atoms with Crippen LogP contribution in [0.2, 0.25) is 0 Å². The van der Waals surface area contributed by atoms with E-state index in [1.165, 1.54) is 5.69 Å². The summed E-state index contributed by atoms with van der Waals surface area (Å²) in [4.78, 5) is 22.1. The van der Waals surface area contributed by atoms with Crippen LogP contribution in [0.1, 0.15) is 24.0 Å². The van der Waals surface area contributed by atoms with E-state index in [-0.39, 0.29) is 6.10 Å². The van der Waals surface area contributed by atoms with Gasteiger partial charge in [-0.2, -0.15) is 5.26 Å². The average Bonchev–Trinajstić information content (AvgIpc) is 3.39. The van der Waals surface area contributed by atoms with Gasteiger partial charge in [-0.05, 0) is 81.9 Å². The Morgan fingerprint density at radius 1 is 1.00 bits per heavy atom. The fourth-order valence-corrected chi connectivity index (χ4v) is 5.33. The van der Waals surface area contributed by atoms with Crippen molar-refractivity contribution in [3.8, 4) is 34.5 Å². The lowest BCUT2D eigenvalue weighted by atomic mass is 9.98. The number of likely N-dealkylation sites (N-methyl/N-ethyl adjacent to an activating group) is 1. The molecule has 0 unspecified atom stereocenters. The SMILES string of the molecule is Cc1c(-c2ncnc3[nH]c(-c4ccc(N5CCN(C)CC5)cc4)nc23)ccc(OC2CCNCC2)c1C#N. The standard InChI is InChI=1S/C29H32N8O/c1-19-23(7-8-25(24(19)17-30)38-22-9-11-31-12-10-22)26-27-29(33-18-32-26)35-28(34-27)20-3-5-21(6-4-20)37-15-13-36(2)14-16-37/h3-8,18,22,31H,9-16H2,1-2H3,(H,32,33,34,35). The number of benzene rings is 2. The Morgan fingerprint density at radius 2 is 1.76 bits per heavy atom. The van der Waals surface area contributed by atoms with Crippen LogP contribution >= 0.6 is 0 Å². The van der Waals surface area contributed by atoms with E-state index >= 15 is 0 Å². The molecule has 9 nitrogen and oxygen atoms in total. The molecule has 2 aliphatic rings. The Balaban J connectivity index is 1.30. The van der Waals surface area contributed by atoms with Crippen LogP contribution in [0.4, 0.5) is 5.69 Å². The molecule has 2 aromatic carbocycles. The number of hydrogen-bond donors (Lipinski definition) is 2. The number of H-pyrrole nitrogens is 1. The third kappa shape index (κ3) is 4.69. The number of anilines is 1. The molecule has 2 fully saturated rings. The first-order valence-electron chi connectivity index (χ1n) is 13.3. The number of piperidine rings is 1. The summed E-state index contributed by atoms with van der Waals surface area (Å²) < 4.78 is 6.23. The van der Waals surface area contributed by atoms with Crippen molar-refractivity contribution in [2.24, 2.45) is 0 Å². The van der Waals surface area contributed by atoms with Crippen LogP contribution in [0.15, 0.2) is 42.7 Å². The summed E-state index contributed by atoms with van der Waals surface area (Å²) in [6, 6.07) is 14.7. The molecule has 2 aromatic heterocycles. The second-order valence-corrected chi connectivity index (χ2v) is 10.1. The van der Waals surface area contributed by atoms with Crippen LogP contribution < -0.4 is 15.0 Å². The first kappa shape index (κ1) is 24.3. The van der Waals surface area contributed by atoms with E-state index < -0.39 is 0 Å². The van der Waals surface area contributed by atoms with Gasteiger partial charge in [-0.15, -0.1) is 0 Å². The highest BCUT2D eigenvalue weighted by Gasteiger charge is 2.21. The van der Waals surface area contributed by atoms with Crippen molar-refractivity contribution < 1.29 is 4.74 Å². The third-order valence-corrected chi connectivity index (χ3v) is 7.67. The first-order chi connectivity index (χ1) is 18.6. The van der Waals surface area contributed by atoms with Crippen LogP contribution in [-0.2, 0) is 0 Å². The van der Waals surface area contributed by atoms with Gasteiger partial charge in [0, 0.05) is 43.0 Å². The number of rotatable bonds is 5. The number of imidazole rings is 1. The smallest absolute Gasteiger partial charge is 0.161 e. The van der Waals surface area contributed by atoms with Crippen molar-refractivity contribution in [2.75, 3.05) is 51.2 Å². The summed E-state index contributed by atoms with van der Waals surface area (Å²) in [7, 11) is 2.17. The van der Waals surface area contributed by atoms with Gasteiger partial charge >= 0.3 is 0 Å². The van der Waals surface area contributed by atoms with E-state index in [9.17, 15) is 5.26 Å². The number of nitrogens with one attached hydrogen (secondary N) is 2. The van der Waals surface area contributed by atoms with Gasteiger partial charge in [0.1, 0.15) is 41.3 Å². The number of aromatic nitrogens is 4. The normalized spacial score (nSPS) is 17.0. The molecule has 0 radical (unpaired) electrons. The number of hydrogen-bond acceptors (Lipinski definition) is 8. The molecule has 0 saturated carbocycles. The maximum Gasteiger partial charge on any atom is 0.161 e. The van der Waals surface area contributed by atoms with Crippen molar-refractivity contribution >= 4 is 16.9 Å². The number of ether oxygens (including phenoxy) is 1. The predicted molar refractivity (Wildman–Crippen MR) is 148 cm³/mol. The van der Waals surface area contributed by atoms with Crippen molar-refractivity contribution in [2.45, 2.75) is 25.9 Å². The second-order valence-electron chi connectivity index (χ2n) is 10.1. The lowest BCUT2D eigenvalue weighted by Gasteiger charge is -2.34. The van der Waals surface area contributed by atoms with Crippen LogP contribution in [-0.4, -0.2) is 77.3 Å². The van der Waals surface area contributed by atoms with Gasteiger partial charge in [0.25, 0.3) is 0 Å². The first-order valence-corrected chi connectivity index (χ1v) is 13.3. The van der Waals surface area contributed by atoms with Crippen molar-refractivity contribution in [3.05, 3.63) is 53.9 Å². The lowest BCUT2D eigenvalue weighted by molar-refractivity contribution is 0.162. The largest absolute Gasteiger partial charge is 0.489 e. The van der Waals surface area contributed by atoms with Crippen molar-refractivity contribution in [3.63, 3.8) is 0 Å². The molecule has 2 saturated heterocycles. The highest BCUT2D eigenvalue weighted by atomic mass is 16.5. The second kappa shape index (κ2) is 10.4. The van der Waals surface area contributed by atoms with Crippen LogP contribution in [0.5, 0.6) is 5.75 Å². The number of nitrogens with zero attached hydrogens (tertiary/aromatic N) is 6. The molecule has 9 heteroatoms. The Bertz CT molecular complexity index is 1480. The number of nitriles is 1. The fraction of sp³-hybridized carbons (Fsp3) is 0.379. The van der Waals surface area contributed by atoms with Crippen LogP contribution in [0.25, 0.3) is 33.8 Å². The number of fused-ring (bicyclic) bond motifs is 1. The maximum atomic E-state index is 9.99. The predicted octanol–water partition coefficient (Wildman–Crippen LogP) is 3.75. The van der Waals surface area contributed by atoms with E-state index in [1.807, 2.05) is 19.1 Å². The molecule has 0 bridgehead atoms. The summed E-state index contributed by atoms with van der Waals surface area (Å²) in [5.41, 5.74) is 6.51. The van der Waals surface area contributed by atoms with Gasteiger partial charge in [-0.1, -0.05) is 0 Å². The zero-order valence-corrected chi connectivity index (χ0v) is 21.9. The summed E-state index contributed by atoms with van der Waals surface area (Å²) in [6.07, 6.45) is 3.53. The molecule has 0 spiro atoms. The highest BCUT2D eigenvalue weighted by Crippen LogP contribution is 2.35.